The van der Waals surface area contributed by atoms with Gasteiger partial charge in [-0.3, -0.25) is 4.79 Å². The Kier molecular flexibility index (Phi) is 3.12. The molecule has 12 heavy (non-hydrogen) atoms. The van der Waals surface area contributed by atoms with Crippen molar-refractivity contribution in [2.75, 3.05) is 6.54 Å². The number of nitrogens with one attached hydrogen (secondary N) is 1. The average Bonchev–Trinajstić information content (AvgIpc) is 2.56. The third-order valence-electron chi connectivity index (χ3n) is 1.32. The lowest BCUT2D eigenvalue weighted by Gasteiger charge is -2.08. The molecule has 0 saturated carbocycles. The molecule has 3 N–H and O–H groups in total. The quantitative estimate of drug-likeness (QED) is 0.674. The number of amides is 1. The highest BCUT2D eigenvalue weighted by atomic mass is 32.1. The van der Waals surface area contributed by atoms with Crippen LogP contribution < -0.4 is 11.1 Å². The van der Waals surface area contributed by atoms with Crippen LogP contribution in [-0.4, -0.2) is 28.1 Å². The fourth-order valence-electron chi connectivity index (χ4n) is 0.620. The van der Waals surface area contributed by atoms with Crippen molar-refractivity contribution in [1.29, 1.82) is 0 Å². The Morgan fingerprint density at radius 2 is 2.67 bits per heavy atom. The number of hydrogen-bond acceptors (Lipinski definition) is 5. The summed E-state index contributed by atoms with van der Waals surface area (Å²) in [6.07, 6.45) is 0. The molecule has 0 saturated heterocycles. The number of carbonyl (C=O) groups is 1. The van der Waals surface area contributed by atoms with E-state index in [1.165, 1.54) is 0 Å². The number of nitrogens with two attached hydrogens (primary N) is 1. The largest absolute Gasteiger partial charge is 0.347 e. The van der Waals surface area contributed by atoms with Gasteiger partial charge < -0.3 is 11.1 Å². The van der Waals surface area contributed by atoms with Gasteiger partial charge >= 0.3 is 0 Å². The molecule has 0 aliphatic heterocycles. The molecule has 6 heteroatoms. The molecule has 1 rings (SSSR count). The van der Waals surface area contributed by atoms with Crippen molar-refractivity contribution >= 4 is 17.4 Å². The van der Waals surface area contributed by atoms with E-state index in [0.29, 0.717) is 12.2 Å². The first-order valence-corrected chi connectivity index (χ1v) is 4.35. The minimum absolute atomic E-state index is 0.0285. The van der Waals surface area contributed by atoms with Crippen LogP contribution in [0.15, 0.2) is 5.38 Å². The zero-order chi connectivity index (χ0) is 8.97. The zero-order valence-corrected chi connectivity index (χ0v) is 7.47. The van der Waals surface area contributed by atoms with Crippen molar-refractivity contribution < 1.29 is 4.79 Å². The van der Waals surface area contributed by atoms with Crippen LogP contribution in [0.5, 0.6) is 0 Å². The van der Waals surface area contributed by atoms with Crippen molar-refractivity contribution in [3.8, 4) is 0 Å². The summed E-state index contributed by atoms with van der Waals surface area (Å²) in [6, 6.07) is -0.0285. The molecule has 1 aromatic rings. The highest BCUT2D eigenvalue weighted by Gasteiger charge is 2.10. The minimum Gasteiger partial charge on any atom is -0.347 e. The third kappa shape index (κ3) is 2.24. The monoisotopic (exact) mass is 186 g/mol. The fourth-order valence-corrected chi connectivity index (χ4v) is 1.06. The van der Waals surface area contributed by atoms with Gasteiger partial charge in [-0.25, -0.2) is 0 Å². The van der Waals surface area contributed by atoms with Crippen molar-refractivity contribution in [1.82, 2.24) is 14.9 Å². The van der Waals surface area contributed by atoms with Crippen LogP contribution in [0.25, 0.3) is 0 Å². The van der Waals surface area contributed by atoms with E-state index >= 15 is 0 Å². The van der Waals surface area contributed by atoms with Gasteiger partial charge in [0.15, 0.2) is 5.69 Å². The summed E-state index contributed by atoms with van der Waals surface area (Å²) in [5, 5.41) is 7.89. The van der Waals surface area contributed by atoms with Crippen LogP contribution in [-0.2, 0) is 0 Å². The lowest BCUT2D eigenvalue weighted by atomic mass is 10.3. The first-order chi connectivity index (χ1) is 5.74. The van der Waals surface area contributed by atoms with Crippen molar-refractivity contribution in [2.45, 2.75) is 13.0 Å². The number of aromatic nitrogens is 2. The number of nitrogens with zero attached hydrogens (tertiary/aromatic N) is 2. The first-order valence-electron chi connectivity index (χ1n) is 3.52. The maximum absolute atomic E-state index is 11.2. The fraction of sp³-hybridized carbons (Fsp3) is 0.500. The topological polar surface area (TPSA) is 80.9 Å². The predicted octanol–water partition coefficient (Wildman–Crippen LogP) is -0.385. The molecule has 0 spiro atoms. The van der Waals surface area contributed by atoms with Gasteiger partial charge in [-0.05, 0) is 18.5 Å². The average molecular weight is 186 g/mol. The maximum atomic E-state index is 11.2. The molecule has 0 radical (unpaired) electrons. The number of hydrogen-bond donors (Lipinski definition) is 2. The summed E-state index contributed by atoms with van der Waals surface area (Å²) in [4.78, 5) is 11.2. The Morgan fingerprint density at radius 3 is 3.17 bits per heavy atom. The molecular formula is C6H10N4OS. The highest BCUT2D eigenvalue weighted by molar-refractivity contribution is 7.03. The zero-order valence-electron chi connectivity index (χ0n) is 6.65. The molecule has 0 aliphatic rings. The van der Waals surface area contributed by atoms with Crippen molar-refractivity contribution in [3.05, 3.63) is 11.1 Å². The van der Waals surface area contributed by atoms with E-state index in [0.717, 1.165) is 11.5 Å². The van der Waals surface area contributed by atoms with Gasteiger partial charge in [0.25, 0.3) is 5.91 Å². The molecule has 1 atom stereocenters. The van der Waals surface area contributed by atoms with E-state index in [1.54, 1.807) is 5.38 Å². The normalized spacial score (nSPS) is 12.5. The van der Waals surface area contributed by atoms with Crippen molar-refractivity contribution in [2.24, 2.45) is 5.73 Å². The van der Waals surface area contributed by atoms with E-state index in [1.807, 2.05) is 6.92 Å². The SMILES string of the molecule is C[C@@H](CN)NC(=O)c1csnn1. The van der Waals surface area contributed by atoms with Gasteiger partial charge in [0.1, 0.15) is 0 Å². The van der Waals surface area contributed by atoms with Crippen LogP contribution in [0.2, 0.25) is 0 Å². The molecule has 0 aromatic carbocycles. The predicted molar refractivity (Wildman–Crippen MR) is 45.9 cm³/mol. The second-order valence-electron chi connectivity index (χ2n) is 2.40. The molecule has 0 unspecified atom stereocenters. The van der Waals surface area contributed by atoms with Crippen LogP contribution in [0, 0.1) is 0 Å². The lowest BCUT2D eigenvalue weighted by Crippen LogP contribution is -2.37. The summed E-state index contributed by atoms with van der Waals surface area (Å²) < 4.78 is 3.58. The molecule has 1 aromatic heterocycles. The number of carbonyl (C=O) groups excluding carboxylic acids is 1. The van der Waals surface area contributed by atoms with E-state index in [2.05, 4.69) is 14.9 Å². The van der Waals surface area contributed by atoms with Gasteiger partial charge in [-0.1, -0.05) is 4.49 Å². The van der Waals surface area contributed by atoms with E-state index in [-0.39, 0.29) is 11.9 Å². The molecule has 5 nitrogen and oxygen atoms in total. The van der Waals surface area contributed by atoms with Crippen LogP contribution in [0.3, 0.4) is 0 Å². The minimum atomic E-state index is -0.221. The molecule has 0 fully saturated rings. The van der Waals surface area contributed by atoms with Crippen LogP contribution in [0.1, 0.15) is 17.4 Å². The molecule has 0 aliphatic carbocycles. The Balaban J connectivity index is 2.50. The highest BCUT2D eigenvalue weighted by Crippen LogP contribution is 1.96. The summed E-state index contributed by atoms with van der Waals surface area (Å²) >= 11 is 1.15. The summed E-state index contributed by atoms with van der Waals surface area (Å²) in [5.41, 5.74) is 5.67. The van der Waals surface area contributed by atoms with E-state index in [9.17, 15) is 4.79 Å². The van der Waals surface area contributed by atoms with Gasteiger partial charge in [-0.15, -0.1) is 5.10 Å². The molecule has 0 bridgehead atoms. The van der Waals surface area contributed by atoms with Gasteiger partial charge in [0.05, 0.1) is 0 Å². The van der Waals surface area contributed by atoms with Crippen molar-refractivity contribution in [3.63, 3.8) is 0 Å². The van der Waals surface area contributed by atoms with Gasteiger partial charge in [0, 0.05) is 18.0 Å². The summed E-state index contributed by atoms with van der Waals surface area (Å²) in [7, 11) is 0. The molecule has 66 valence electrons. The van der Waals surface area contributed by atoms with Crippen LogP contribution in [0.4, 0.5) is 0 Å². The summed E-state index contributed by atoms with van der Waals surface area (Å²) in [6.45, 7) is 2.25. The van der Waals surface area contributed by atoms with Gasteiger partial charge in [0.2, 0.25) is 0 Å². The Hall–Kier alpha value is -1.01. The third-order valence-corrected chi connectivity index (χ3v) is 1.83. The van der Waals surface area contributed by atoms with Crippen LogP contribution >= 0.6 is 11.5 Å². The first kappa shape index (κ1) is 9.08. The summed E-state index contributed by atoms with van der Waals surface area (Å²) in [5.74, 6) is -0.221. The molecular weight excluding hydrogens is 176 g/mol. The Morgan fingerprint density at radius 1 is 1.92 bits per heavy atom. The standard InChI is InChI=1S/C6H10N4OS/c1-4(2-7)8-6(11)5-3-12-10-9-5/h3-4H,2,7H2,1H3,(H,8,11)/t4-/m0/s1. The molecule has 1 heterocycles. The van der Waals surface area contributed by atoms with Gasteiger partial charge in [-0.2, -0.15) is 0 Å². The number of rotatable bonds is 3. The Labute approximate surface area is 74.1 Å². The van der Waals surface area contributed by atoms with E-state index < -0.39 is 0 Å². The second-order valence-corrected chi connectivity index (χ2v) is 3.01. The smallest absolute Gasteiger partial charge is 0.272 e. The lowest BCUT2D eigenvalue weighted by molar-refractivity contribution is 0.0936. The Bertz CT molecular complexity index is 248. The van der Waals surface area contributed by atoms with E-state index in [4.69, 9.17) is 5.73 Å². The molecule has 1 amide bonds. The maximum Gasteiger partial charge on any atom is 0.272 e. The second kappa shape index (κ2) is 4.13.